The number of nitrogens with zero attached hydrogens (tertiary/aromatic N) is 1. The Kier molecular flexibility index (Phi) is 4.14. The molecule has 25 heavy (non-hydrogen) atoms. The molecule has 0 aliphatic heterocycles. The van der Waals surface area contributed by atoms with Gasteiger partial charge in [0.25, 0.3) is 0 Å². The molecule has 1 aromatic heterocycles. The summed E-state index contributed by atoms with van der Waals surface area (Å²) in [6.07, 6.45) is 5.54. The van der Waals surface area contributed by atoms with E-state index in [4.69, 9.17) is 0 Å². The number of nitrogens with one attached hydrogen (secondary N) is 2. The number of rotatable bonds is 3. The van der Waals surface area contributed by atoms with Gasteiger partial charge in [0.15, 0.2) is 0 Å². The van der Waals surface area contributed by atoms with Crippen LogP contribution >= 0.6 is 0 Å². The van der Waals surface area contributed by atoms with Crippen molar-refractivity contribution in [2.75, 3.05) is 5.32 Å². The molecule has 3 N–H and O–H groups in total. The van der Waals surface area contributed by atoms with Crippen LogP contribution in [-0.2, 0) is 4.79 Å². The normalized spacial score (nSPS) is 15.4. The lowest BCUT2D eigenvalue weighted by atomic mass is 9.88. The van der Waals surface area contributed by atoms with Crippen molar-refractivity contribution in [2.45, 2.75) is 32.1 Å². The molecular formula is C20H21N3O2. The van der Waals surface area contributed by atoms with E-state index in [1.54, 1.807) is 18.2 Å². The van der Waals surface area contributed by atoms with Crippen molar-refractivity contribution in [3.05, 3.63) is 42.5 Å². The number of aromatic nitrogens is 2. The van der Waals surface area contributed by atoms with E-state index in [0.29, 0.717) is 0 Å². The molecule has 0 saturated heterocycles. The van der Waals surface area contributed by atoms with Crippen molar-refractivity contribution in [1.29, 1.82) is 0 Å². The highest BCUT2D eigenvalue weighted by Crippen LogP contribution is 2.26. The molecule has 0 bridgehead atoms. The zero-order valence-electron chi connectivity index (χ0n) is 14.0. The van der Waals surface area contributed by atoms with Gasteiger partial charge in [-0.05, 0) is 49.2 Å². The monoisotopic (exact) mass is 335 g/mol. The van der Waals surface area contributed by atoms with Crippen LogP contribution in [0, 0.1) is 5.92 Å². The molecule has 1 aliphatic rings. The summed E-state index contributed by atoms with van der Waals surface area (Å²) in [6.45, 7) is 0. The molecule has 0 spiro atoms. The summed E-state index contributed by atoms with van der Waals surface area (Å²) in [5.41, 5.74) is 3.35. The lowest BCUT2D eigenvalue weighted by molar-refractivity contribution is -0.120. The fourth-order valence-corrected chi connectivity index (χ4v) is 3.45. The minimum absolute atomic E-state index is 0.131. The zero-order valence-corrected chi connectivity index (χ0v) is 14.0. The van der Waals surface area contributed by atoms with Crippen LogP contribution in [-0.4, -0.2) is 21.0 Å². The predicted octanol–water partition coefficient (Wildman–Crippen LogP) is 4.45. The molecule has 1 fully saturated rings. The molecule has 0 radical (unpaired) electrons. The van der Waals surface area contributed by atoms with Gasteiger partial charge in [0, 0.05) is 23.2 Å². The maximum atomic E-state index is 12.3. The van der Waals surface area contributed by atoms with Crippen molar-refractivity contribution in [1.82, 2.24) is 9.97 Å². The Morgan fingerprint density at radius 3 is 2.60 bits per heavy atom. The average Bonchev–Trinajstić information content (AvgIpc) is 3.06. The van der Waals surface area contributed by atoms with Gasteiger partial charge in [-0.2, -0.15) is 0 Å². The molecule has 3 aromatic rings. The zero-order chi connectivity index (χ0) is 17.2. The number of phenolic OH excluding ortho intramolecular Hbond substituents is 1. The number of imidazole rings is 1. The van der Waals surface area contributed by atoms with Crippen molar-refractivity contribution < 1.29 is 9.90 Å². The van der Waals surface area contributed by atoms with Crippen LogP contribution in [0.4, 0.5) is 5.69 Å². The molecule has 0 unspecified atom stereocenters. The number of carbonyl (C=O) groups excluding carboxylic acids is 1. The molecule has 1 saturated carbocycles. The molecule has 128 valence electrons. The van der Waals surface area contributed by atoms with E-state index in [0.717, 1.165) is 53.8 Å². The lowest BCUT2D eigenvalue weighted by Crippen LogP contribution is -2.24. The van der Waals surface area contributed by atoms with E-state index in [-0.39, 0.29) is 17.6 Å². The lowest BCUT2D eigenvalue weighted by Gasteiger charge is -2.20. The van der Waals surface area contributed by atoms with Gasteiger partial charge in [0.1, 0.15) is 11.6 Å². The Morgan fingerprint density at radius 2 is 1.84 bits per heavy atom. The summed E-state index contributed by atoms with van der Waals surface area (Å²) in [7, 11) is 0. The topological polar surface area (TPSA) is 78.0 Å². The third-order valence-electron chi connectivity index (χ3n) is 4.87. The van der Waals surface area contributed by atoms with Crippen LogP contribution in [0.5, 0.6) is 5.75 Å². The summed E-state index contributed by atoms with van der Waals surface area (Å²) in [5.74, 6) is 1.23. The van der Waals surface area contributed by atoms with Gasteiger partial charge >= 0.3 is 0 Å². The van der Waals surface area contributed by atoms with E-state index < -0.39 is 0 Å². The maximum absolute atomic E-state index is 12.3. The summed E-state index contributed by atoms with van der Waals surface area (Å²) < 4.78 is 0. The van der Waals surface area contributed by atoms with E-state index in [1.807, 2.05) is 24.3 Å². The largest absolute Gasteiger partial charge is 0.508 e. The van der Waals surface area contributed by atoms with Gasteiger partial charge in [-0.3, -0.25) is 4.79 Å². The van der Waals surface area contributed by atoms with E-state index in [1.165, 1.54) is 6.42 Å². The molecule has 1 aliphatic carbocycles. The third-order valence-corrected chi connectivity index (χ3v) is 4.87. The highest BCUT2D eigenvalue weighted by atomic mass is 16.3. The number of H-pyrrole nitrogens is 1. The number of aromatic amines is 1. The predicted molar refractivity (Wildman–Crippen MR) is 98.4 cm³/mol. The smallest absolute Gasteiger partial charge is 0.227 e. The first-order valence-electron chi connectivity index (χ1n) is 8.79. The first-order valence-corrected chi connectivity index (χ1v) is 8.79. The highest BCUT2D eigenvalue weighted by Gasteiger charge is 2.21. The van der Waals surface area contributed by atoms with Gasteiger partial charge in [0.05, 0.1) is 11.0 Å². The Balaban J connectivity index is 1.49. The van der Waals surface area contributed by atoms with Gasteiger partial charge in [-0.25, -0.2) is 4.98 Å². The second-order valence-corrected chi connectivity index (χ2v) is 6.69. The van der Waals surface area contributed by atoms with E-state index in [2.05, 4.69) is 15.3 Å². The van der Waals surface area contributed by atoms with Gasteiger partial charge < -0.3 is 15.4 Å². The highest BCUT2D eigenvalue weighted by molar-refractivity contribution is 5.92. The van der Waals surface area contributed by atoms with Gasteiger partial charge in [-0.1, -0.05) is 19.3 Å². The molecule has 1 heterocycles. The number of benzene rings is 2. The molecule has 2 aromatic carbocycles. The van der Waals surface area contributed by atoms with Crippen LogP contribution in [0.25, 0.3) is 22.4 Å². The quantitative estimate of drug-likeness (QED) is 0.661. The second-order valence-electron chi connectivity index (χ2n) is 6.69. The summed E-state index contributed by atoms with van der Waals surface area (Å²) >= 11 is 0. The first kappa shape index (κ1) is 15.7. The van der Waals surface area contributed by atoms with Crippen molar-refractivity contribution in [3.8, 4) is 17.1 Å². The summed E-state index contributed by atoms with van der Waals surface area (Å²) in [4.78, 5) is 20.1. The maximum Gasteiger partial charge on any atom is 0.227 e. The van der Waals surface area contributed by atoms with Crippen LogP contribution in [0.3, 0.4) is 0 Å². The van der Waals surface area contributed by atoms with Gasteiger partial charge in [0.2, 0.25) is 5.91 Å². The number of aromatic hydroxyl groups is 1. The SMILES string of the molecule is O=C(Nc1ccc(-c2nc3ccc(O)cc3[nH]2)cc1)C1CCCCC1. The Labute approximate surface area is 146 Å². The van der Waals surface area contributed by atoms with E-state index in [9.17, 15) is 9.90 Å². The van der Waals surface area contributed by atoms with Crippen LogP contribution in [0.15, 0.2) is 42.5 Å². The van der Waals surface area contributed by atoms with E-state index >= 15 is 0 Å². The Hall–Kier alpha value is -2.82. The molecular weight excluding hydrogens is 314 g/mol. The molecule has 0 atom stereocenters. The number of carbonyl (C=O) groups is 1. The van der Waals surface area contributed by atoms with Gasteiger partial charge in [-0.15, -0.1) is 0 Å². The van der Waals surface area contributed by atoms with Crippen molar-refractivity contribution in [2.24, 2.45) is 5.92 Å². The average molecular weight is 335 g/mol. The third kappa shape index (κ3) is 3.36. The fourth-order valence-electron chi connectivity index (χ4n) is 3.45. The number of fused-ring (bicyclic) bond motifs is 1. The molecule has 5 heteroatoms. The van der Waals surface area contributed by atoms with Crippen molar-refractivity contribution in [3.63, 3.8) is 0 Å². The van der Waals surface area contributed by atoms with Crippen LogP contribution in [0.2, 0.25) is 0 Å². The van der Waals surface area contributed by atoms with Crippen LogP contribution in [0.1, 0.15) is 32.1 Å². The van der Waals surface area contributed by atoms with Crippen molar-refractivity contribution >= 4 is 22.6 Å². The minimum Gasteiger partial charge on any atom is -0.508 e. The number of phenols is 1. The standard InChI is InChI=1S/C20H21N3O2/c24-16-10-11-17-18(12-16)23-19(22-17)13-6-8-15(9-7-13)21-20(25)14-4-2-1-3-5-14/h6-12,14,24H,1-5H2,(H,21,25)(H,22,23). The number of anilines is 1. The van der Waals surface area contributed by atoms with Crippen LogP contribution < -0.4 is 5.32 Å². The molecule has 4 rings (SSSR count). The number of amides is 1. The first-order chi connectivity index (χ1) is 12.2. The minimum atomic E-state index is 0.131. The summed E-state index contributed by atoms with van der Waals surface area (Å²) in [5, 5.41) is 12.6. The number of hydrogen-bond acceptors (Lipinski definition) is 3. The summed E-state index contributed by atoms with van der Waals surface area (Å²) in [6, 6.07) is 12.7. The molecule has 5 nitrogen and oxygen atoms in total. The fraction of sp³-hybridized carbons (Fsp3) is 0.300. The Bertz CT molecular complexity index is 893. The Morgan fingerprint density at radius 1 is 1.08 bits per heavy atom. The number of hydrogen-bond donors (Lipinski definition) is 3. The second kappa shape index (κ2) is 6.59. The molecule has 1 amide bonds.